The molecule has 0 amide bonds. The Hall–Kier alpha value is -1.94. The van der Waals surface area contributed by atoms with E-state index in [0.29, 0.717) is 0 Å². The van der Waals surface area contributed by atoms with Gasteiger partial charge in [0.1, 0.15) is 6.26 Å². The van der Waals surface area contributed by atoms with Gasteiger partial charge in [-0.2, -0.15) is 0 Å². The Kier molecular flexibility index (Phi) is 2.38. The number of para-hydroxylation sites is 1. The summed E-state index contributed by atoms with van der Waals surface area (Å²) < 4.78 is 0. The average molecular weight is 189 g/mol. The lowest BCUT2D eigenvalue weighted by Crippen LogP contribution is -2.40. The highest BCUT2D eigenvalue weighted by atomic mass is 16.7. The van der Waals surface area contributed by atoms with Crippen molar-refractivity contribution in [1.82, 2.24) is 10.7 Å². The highest BCUT2D eigenvalue weighted by molar-refractivity contribution is 5.47. The van der Waals surface area contributed by atoms with Gasteiger partial charge in [0.2, 0.25) is 0 Å². The summed E-state index contributed by atoms with van der Waals surface area (Å²) in [5.74, 6) is 0. The SMILES string of the molecule is C=CON1NC=CN1c1ccccc1. The van der Waals surface area contributed by atoms with Crippen LogP contribution in [0.5, 0.6) is 0 Å². The molecule has 14 heavy (non-hydrogen) atoms. The summed E-state index contributed by atoms with van der Waals surface area (Å²) in [6.45, 7) is 3.49. The number of anilines is 1. The largest absolute Gasteiger partial charge is 0.375 e. The maximum Gasteiger partial charge on any atom is 0.109 e. The highest BCUT2D eigenvalue weighted by Crippen LogP contribution is 2.17. The van der Waals surface area contributed by atoms with Crippen LogP contribution >= 0.6 is 0 Å². The van der Waals surface area contributed by atoms with E-state index in [9.17, 15) is 0 Å². The van der Waals surface area contributed by atoms with Gasteiger partial charge in [-0.15, -0.1) is 0 Å². The Labute approximate surface area is 82.6 Å². The number of nitrogens with one attached hydrogen (secondary N) is 1. The van der Waals surface area contributed by atoms with Crippen LogP contribution in [0.2, 0.25) is 0 Å². The van der Waals surface area contributed by atoms with Gasteiger partial charge in [0.25, 0.3) is 0 Å². The van der Waals surface area contributed by atoms with Gasteiger partial charge in [0, 0.05) is 12.4 Å². The second kappa shape index (κ2) is 3.85. The number of nitrogens with zero attached hydrogens (tertiary/aromatic N) is 2. The topological polar surface area (TPSA) is 27.7 Å². The van der Waals surface area contributed by atoms with Crippen LogP contribution in [0.4, 0.5) is 5.69 Å². The zero-order chi connectivity index (χ0) is 9.80. The van der Waals surface area contributed by atoms with Crippen LogP contribution in [-0.2, 0) is 4.84 Å². The molecule has 0 aromatic heterocycles. The smallest absolute Gasteiger partial charge is 0.109 e. The van der Waals surface area contributed by atoms with Crippen LogP contribution in [-0.4, -0.2) is 5.28 Å². The molecule has 1 aliphatic rings. The fraction of sp³-hybridized carbons (Fsp3) is 0. The maximum absolute atomic E-state index is 5.12. The molecule has 0 unspecified atom stereocenters. The third kappa shape index (κ3) is 1.55. The zero-order valence-corrected chi connectivity index (χ0v) is 7.63. The molecule has 0 radical (unpaired) electrons. The van der Waals surface area contributed by atoms with Crippen LogP contribution in [0.25, 0.3) is 0 Å². The van der Waals surface area contributed by atoms with Crippen molar-refractivity contribution in [2.45, 2.75) is 0 Å². The summed E-state index contributed by atoms with van der Waals surface area (Å²) >= 11 is 0. The van der Waals surface area contributed by atoms with Gasteiger partial charge in [-0.3, -0.25) is 5.43 Å². The summed E-state index contributed by atoms with van der Waals surface area (Å²) in [7, 11) is 0. The van der Waals surface area contributed by atoms with Crippen LogP contribution in [0.1, 0.15) is 0 Å². The summed E-state index contributed by atoms with van der Waals surface area (Å²) in [5.41, 5.74) is 3.90. The molecule has 1 N–H and O–H groups in total. The van der Waals surface area contributed by atoms with Gasteiger partial charge in [0.05, 0.1) is 11.0 Å². The second-order valence-corrected chi connectivity index (χ2v) is 2.67. The Morgan fingerprint density at radius 3 is 2.79 bits per heavy atom. The molecule has 0 fully saturated rings. The van der Waals surface area contributed by atoms with E-state index in [-0.39, 0.29) is 0 Å². The van der Waals surface area contributed by atoms with Crippen molar-refractivity contribution in [2.24, 2.45) is 0 Å². The molecule has 4 heteroatoms. The van der Waals surface area contributed by atoms with Gasteiger partial charge in [0.15, 0.2) is 0 Å². The molecule has 1 heterocycles. The molecule has 1 aliphatic heterocycles. The van der Waals surface area contributed by atoms with Crippen LogP contribution in [0.3, 0.4) is 0 Å². The fourth-order valence-electron chi connectivity index (χ4n) is 1.21. The van der Waals surface area contributed by atoms with Crippen molar-refractivity contribution in [1.29, 1.82) is 0 Å². The molecular formula is C10H11N3O. The fourth-order valence-corrected chi connectivity index (χ4v) is 1.21. The van der Waals surface area contributed by atoms with Crippen molar-refractivity contribution in [2.75, 3.05) is 5.01 Å². The van der Waals surface area contributed by atoms with E-state index in [1.54, 1.807) is 6.20 Å². The average Bonchev–Trinajstić information content (AvgIpc) is 2.68. The Balaban J connectivity index is 2.17. The molecule has 2 rings (SSSR count). The molecule has 72 valence electrons. The van der Waals surface area contributed by atoms with Crippen LogP contribution < -0.4 is 10.4 Å². The normalized spacial score (nSPS) is 15.3. The van der Waals surface area contributed by atoms with E-state index < -0.39 is 0 Å². The zero-order valence-electron chi connectivity index (χ0n) is 7.63. The Morgan fingerprint density at radius 2 is 2.07 bits per heavy atom. The summed E-state index contributed by atoms with van der Waals surface area (Å²) in [5, 5.41) is 3.30. The number of hydrogen-bond acceptors (Lipinski definition) is 4. The van der Waals surface area contributed by atoms with E-state index in [0.717, 1.165) is 5.69 Å². The summed E-state index contributed by atoms with van der Waals surface area (Å²) in [4.78, 5) is 5.12. The predicted molar refractivity (Wildman–Crippen MR) is 54.3 cm³/mol. The van der Waals surface area contributed by atoms with Gasteiger partial charge in [-0.1, -0.05) is 24.8 Å². The first kappa shape index (κ1) is 8.65. The van der Waals surface area contributed by atoms with E-state index >= 15 is 0 Å². The van der Waals surface area contributed by atoms with Gasteiger partial charge in [-0.25, -0.2) is 5.01 Å². The van der Waals surface area contributed by atoms with Crippen molar-refractivity contribution < 1.29 is 4.84 Å². The molecule has 0 atom stereocenters. The summed E-state index contributed by atoms with van der Waals surface area (Å²) in [6, 6.07) is 9.87. The lowest BCUT2D eigenvalue weighted by Gasteiger charge is -2.25. The molecule has 1 aromatic carbocycles. The van der Waals surface area contributed by atoms with E-state index in [2.05, 4.69) is 12.0 Å². The molecule has 0 aliphatic carbocycles. The van der Waals surface area contributed by atoms with Crippen molar-refractivity contribution >= 4 is 5.69 Å². The van der Waals surface area contributed by atoms with Gasteiger partial charge < -0.3 is 4.84 Å². The molecule has 0 saturated heterocycles. The van der Waals surface area contributed by atoms with Crippen molar-refractivity contribution in [3.63, 3.8) is 0 Å². The minimum absolute atomic E-state index is 1.01. The third-order valence-electron chi connectivity index (χ3n) is 1.79. The number of benzene rings is 1. The first-order chi connectivity index (χ1) is 6.92. The second-order valence-electron chi connectivity index (χ2n) is 2.67. The molecule has 0 saturated carbocycles. The predicted octanol–water partition coefficient (Wildman–Crippen LogP) is 1.77. The third-order valence-corrected chi connectivity index (χ3v) is 1.79. The van der Waals surface area contributed by atoms with E-state index in [1.807, 2.05) is 41.5 Å². The minimum Gasteiger partial charge on any atom is -0.375 e. The number of hydrogen-bond donors (Lipinski definition) is 1. The summed E-state index contributed by atoms with van der Waals surface area (Å²) in [6.07, 6.45) is 4.99. The van der Waals surface area contributed by atoms with Gasteiger partial charge >= 0.3 is 0 Å². The molecule has 0 bridgehead atoms. The molecule has 4 nitrogen and oxygen atoms in total. The van der Waals surface area contributed by atoms with E-state index in [4.69, 9.17) is 4.84 Å². The van der Waals surface area contributed by atoms with Crippen molar-refractivity contribution in [3.8, 4) is 0 Å². The van der Waals surface area contributed by atoms with Crippen LogP contribution in [0.15, 0.2) is 55.6 Å². The minimum atomic E-state index is 1.01. The Morgan fingerprint density at radius 1 is 1.29 bits per heavy atom. The quantitative estimate of drug-likeness (QED) is 0.733. The molecular weight excluding hydrogens is 178 g/mol. The van der Waals surface area contributed by atoms with Crippen molar-refractivity contribution in [3.05, 3.63) is 55.6 Å². The number of rotatable bonds is 3. The highest BCUT2D eigenvalue weighted by Gasteiger charge is 2.17. The maximum atomic E-state index is 5.12. The lowest BCUT2D eigenvalue weighted by atomic mass is 10.3. The molecule has 1 aromatic rings. The van der Waals surface area contributed by atoms with E-state index in [1.165, 1.54) is 11.5 Å². The Bertz CT molecular complexity index is 336. The first-order valence-electron chi connectivity index (χ1n) is 4.26. The molecule has 0 spiro atoms. The lowest BCUT2D eigenvalue weighted by molar-refractivity contribution is -0.128. The van der Waals surface area contributed by atoms with Crippen LogP contribution in [0, 0.1) is 0 Å². The van der Waals surface area contributed by atoms with Gasteiger partial charge in [-0.05, 0) is 12.1 Å². The number of hydrazine groups is 2. The monoisotopic (exact) mass is 189 g/mol. The standard InChI is InChI=1S/C10H11N3O/c1-2-14-13-11-8-9-12(13)10-6-4-3-5-7-10/h2-9,11H,1H2. The first-order valence-corrected chi connectivity index (χ1v) is 4.26.